The lowest BCUT2D eigenvalue weighted by Crippen LogP contribution is -3.14. The van der Waals surface area contributed by atoms with Gasteiger partial charge in [-0.1, -0.05) is 30.0 Å². The third-order valence-corrected chi connectivity index (χ3v) is 6.05. The molecule has 2 saturated heterocycles. The van der Waals surface area contributed by atoms with Gasteiger partial charge < -0.3 is 19.1 Å². The monoisotopic (exact) mass is 423 g/mol. The Hall–Kier alpha value is -1.61. The van der Waals surface area contributed by atoms with Crippen LogP contribution in [0.25, 0.3) is 6.08 Å². The number of nitrogens with zero attached hydrogens (tertiary/aromatic N) is 1. The van der Waals surface area contributed by atoms with E-state index >= 15 is 0 Å². The van der Waals surface area contributed by atoms with Gasteiger partial charge in [-0.2, -0.15) is 0 Å². The molecule has 2 heterocycles. The van der Waals surface area contributed by atoms with Crippen LogP contribution in [0.4, 0.5) is 0 Å². The molecule has 1 aromatic carbocycles. The molecule has 0 aliphatic carbocycles. The van der Waals surface area contributed by atoms with Crippen LogP contribution < -0.4 is 14.4 Å². The van der Waals surface area contributed by atoms with E-state index in [1.165, 1.54) is 16.7 Å². The first kappa shape index (κ1) is 21.1. The summed E-state index contributed by atoms with van der Waals surface area (Å²) in [4.78, 5) is 16.2. The number of rotatable bonds is 8. The molecule has 3 rings (SSSR count). The highest BCUT2D eigenvalue weighted by Crippen LogP contribution is 2.34. The van der Waals surface area contributed by atoms with E-state index in [2.05, 4.69) is 0 Å². The number of carbonyl (C=O) groups is 1. The predicted molar refractivity (Wildman–Crippen MR) is 115 cm³/mol. The minimum Gasteiger partial charge on any atom is -0.490 e. The summed E-state index contributed by atoms with van der Waals surface area (Å²) in [6, 6.07) is 5.77. The first-order valence-corrected chi connectivity index (χ1v) is 10.9. The van der Waals surface area contributed by atoms with Crippen molar-refractivity contribution in [2.24, 2.45) is 0 Å². The summed E-state index contributed by atoms with van der Waals surface area (Å²) in [7, 11) is 0. The summed E-state index contributed by atoms with van der Waals surface area (Å²) < 4.78 is 17.7. The average Bonchev–Trinajstić information content (AvgIpc) is 2.97. The lowest BCUT2D eigenvalue weighted by molar-refractivity contribution is -0.908. The number of thiocarbonyl (C=S) groups is 1. The van der Waals surface area contributed by atoms with Crippen LogP contribution in [0.5, 0.6) is 11.5 Å². The quantitative estimate of drug-likeness (QED) is 0.506. The molecule has 2 fully saturated rings. The molecule has 0 unspecified atom stereocenters. The van der Waals surface area contributed by atoms with E-state index in [0.717, 1.165) is 44.2 Å². The number of thioether (sulfide) groups is 1. The Bertz CT molecular complexity index is 748. The molecule has 2 aliphatic heterocycles. The maximum Gasteiger partial charge on any atom is 0.266 e. The second kappa shape index (κ2) is 10.2. The van der Waals surface area contributed by atoms with Gasteiger partial charge in [0.05, 0.1) is 24.7 Å². The van der Waals surface area contributed by atoms with Crippen molar-refractivity contribution in [1.29, 1.82) is 0 Å². The van der Waals surface area contributed by atoms with Gasteiger partial charge in [-0.05, 0) is 37.6 Å². The van der Waals surface area contributed by atoms with E-state index in [9.17, 15) is 4.79 Å². The van der Waals surface area contributed by atoms with Crippen molar-refractivity contribution in [2.45, 2.75) is 13.8 Å². The summed E-state index contributed by atoms with van der Waals surface area (Å²) in [5.41, 5.74) is 0.895. The van der Waals surface area contributed by atoms with Gasteiger partial charge in [-0.25, -0.2) is 0 Å². The molecule has 0 saturated carbocycles. The maximum atomic E-state index is 12.4. The largest absolute Gasteiger partial charge is 0.490 e. The molecule has 0 aromatic heterocycles. The van der Waals surface area contributed by atoms with Gasteiger partial charge in [0.1, 0.15) is 30.6 Å². The highest BCUT2D eigenvalue weighted by molar-refractivity contribution is 8.26. The van der Waals surface area contributed by atoms with Gasteiger partial charge in [-0.15, -0.1) is 0 Å². The Morgan fingerprint density at radius 1 is 1.25 bits per heavy atom. The Kier molecular flexibility index (Phi) is 7.73. The van der Waals surface area contributed by atoms with E-state index in [1.807, 2.05) is 38.1 Å². The molecule has 8 heteroatoms. The second-order valence-corrected chi connectivity index (χ2v) is 8.20. The SMILES string of the molecule is CCOc1cc(/C=C2/SC(=S)N(CC)C2=O)ccc1OCC[NH+]1CCOCC1. The predicted octanol–water partition coefficient (Wildman–Crippen LogP) is 1.60. The summed E-state index contributed by atoms with van der Waals surface area (Å²) in [5, 5.41) is 0. The van der Waals surface area contributed by atoms with Crippen molar-refractivity contribution in [3.8, 4) is 11.5 Å². The number of likely N-dealkylation sites (N-methyl/N-ethyl adjacent to an activating group) is 1. The Balaban J connectivity index is 1.67. The minimum absolute atomic E-state index is 0.0377. The van der Waals surface area contributed by atoms with Crippen LogP contribution in [0.1, 0.15) is 19.4 Å². The van der Waals surface area contributed by atoms with Crippen molar-refractivity contribution < 1.29 is 23.9 Å². The Morgan fingerprint density at radius 2 is 2.04 bits per heavy atom. The number of morpholine rings is 1. The third-order valence-electron chi connectivity index (χ3n) is 4.67. The number of benzene rings is 1. The fourth-order valence-corrected chi connectivity index (χ4v) is 4.53. The normalized spacial score (nSPS) is 19.5. The molecule has 6 nitrogen and oxygen atoms in total. The fraction of sp³-hybridized carbons (Fsp3) is 0.500. The number of carbonyl (C=O) groups excluding carboxylic acids is 1. The van der Waals surface area contributed by atoms with E-state index < -0.39 is 0 Å². The summed E-state index contributed by atoms with van der Waals surface area (Å²) in [6.07, 6.45) is 1.86. The number of hydrogen-bond acceptors (Lipinski definition) is 6. The van der Waals surface area contributed by atoms with Crippen LogP contribution in [-0.2, 0) is 9.53 Å². The highest BCUT2D eigenvalue weighted by atomic mass is 32.2. The molecule has 0 atom stereocenters. The van der Waals surface area contributed by atoms with Crippen LogP contribution in [0.3, 0.4) is 0 Å². The molecular weight excluding hydrogens is 396 g/mol. The number of quaternary nitrogens is 1. The van der Waals surface area contributed by atoms with Crippen LogP contribution in [-0.4, -0.2) is 67.7 Å². The highest BCUT2D eigenvalue weighted by Gasteiger charge is 2.30. The maximum absolute atomic E-state index is 12.4. The molecule has 1 aromatic rings. The number of ether oxygens (including phenoxy) is 3. The van der Waals surface area contributed by atoms with Gasteiger partial charge in [0.2, 0.25) is 0 Å². The van der Waals surface area contributed by atoms with Crippen molar-refractivity contribution in [3.05, 3.63) is 28.7 Å². The van der Waals surface area contributed by atoms with Crippen molar-refractivity contribution in [2.75, 3.05) is 52.6 Å². The molecule has 1 N–H and O–H groups in total. The van der Waals surface area contributed by atoms with Crippen LogP contribution >= 0.6 is 24.0 Å². The molecule has 0 radical (unpaired) electrons. The zero-order valence-corrected chi connectivity index (χ0v) is 18.0. The van der Waals surface area contributed by atoms with Gasteiger partial charge in [-0.3, -0.25) is 9.69 Å². The fourth-order valence-electron chi connectivity index (χ4n) is 3.14. The third kappa shape index (κ3) is 5.26. The zero-order valence-electron chi connectivity index (χ0n) is 16.4. The van der Waals surface area contributed by atoms with Crippen LogP contribution in [0, 0.1) is 0 Å². The van der Waals surface area contributed by atoms with Crippen molar-refractivity contribution in [1.82, 2.24) is 4.90 Å². The summed E-state index contributed by atoms with van der Waals surface area (Å²) in [5.74, 6) is 1.39. The van der Waals surface area contributed by atoms with Crippen LogP contribution in [0.15, 0.2) is 23.1 Å². The molecule has 0 spiro atoms. The topological polar surface area (TPSA) is 52.4 Å². The summed E-state index contributed by atoms with van der Waals surface area (Å²) >= 11 is 6.61. The second-order valence-electron chi connectivity index (χ2n) is 6.53. The molecule has 1 amide bonds. The molecule has 0 bridgehead atoms. The zero-order chi connectivity index (χ0) is 19.9. The standard InChI is InChI=1S/C20H26N2O4S2/c1-3-22-19(23)18(28-20(22)27)14-15-5-6-16(17(13-15)25-4-2)26-12-9-21-7-10-24-11-8-21/h5-6,13-14H,3-4,7-12H2,1-2H3/p+1/b18-14+. The first-order chi connectivity index (χ1) is 13.6. The number of nitrogens with one attached hydrogen (secondary N) is 1. The Labute approximate surface area is 175 Å². The summed E-state index contributed by atoms with van der Waals surface area (Å²) in [6.45, 7) is 10.3. The molecular formula is C20H27N2O4S2+. The molecule has 2 aliphatic rings. The lowest BCUT2D eigenvalue weighted by Gasteiger charge is -2.23. The smallest absolute Gasteiger partial charge is 0.266 e. The first-order valence-electron chi connectivity index (χ1n) is 9.68. The van der Waals surface area contributed by atoms with Gasteiger partial charge in [0.15, 0.2) is 11.5 Å². The number of amides is 1. The molecule has 28 heavy (non-hydrogen) atoms. The van der Waals surface area contributed by atoms with Gasteiger partial charge in [0, 0.05) is 6.54 Å². The molecule has 152 valence electrons. The van der Waals surface area contributed by atoms with Gasteiger partial charge in [0.25, 0.3) is 5.91 Å². The van der Waals surface area contributed by atoms with E-state index in [1.54, 1.807) is 4.90 Å². The van der Waals surface area contributed by atoms with E-state index in [0.29, 0.717) is 34.7 Å². The Morgan fingerprint density at radius 3 is 2.71 bits per heavy atom. The van der Waals surface area contributed by atoms with Crippen LogP contribution in [0.2, 0.25) is 0 Å². The van der Waals surface area contributed by atoms with Crippen molar-refractivity contribution >= 4 is 40.3 Å². The van der Waals surface area contributed by atoms with E-state index in [-0.39, 0.29) is 5.91 Å². The minimum atomic E-state index is -0.0377. The average molecular weight is 424 g/mol. The van der Waals surface area contributed by atoms with Gasteiger partial charge >= 0.3 is 0 Å². The van der Waals surface area contributed by atoms with E-state index in [4.69, 9.17) is 26.4 Å². The van der Waals surface area contributed by atoms with Crippen molar-refractivity contribution in [3.63, 3.8) is 0 Å². The number of hydrogen-bond donors (Lipinski definition) is 1. The lowest BCUT2D eigenvalue weighted by atomic mass is 10.2.